The highest BCUT2D eigenvalue weighted by Crippen LogP contribution is 2.64. The second kappa shape index (κ2) is 6.54. The zero-order valence-electron chi connectivity index (χ0n) is 15.2. The molecule has 0 aliphatic heterocycles. The maximum atomic E-state index is 11.8. The molecule has 6 atom stereocenters. The minimum absolute atomic E-state index is 0.0564. The van der Waals surface area contributed by atoms with Crippen LogP contribution < -0.4 is 0 Å². The van der Waals surface area contributed by atoms with Gasteiger partial charge in [0.1, 0.15) is 5.60 Å². The van der Waals surface area contributed by atoms with Crippen molar-refractivity contribution >= 4 is 21.7 Å². The molecule has 0 aromatic heterocycles. The maximum Gasteiger partial charge on any atom is 0.155 e. The third-order valence-electron chi connectivity index (χ3n) is 7.97. The van der Waals surface area contributed by atoms with Gasteiger partial charge in [-0.05, 0) is 74.7 Å². The predicted molar refractivity (Wildman–Crippen MR) is 103 cm³/mol. The molecule has 0 saturated heterocycles. The van der Waals surface area contributed by atoms with Crippen LogP contribution in [0.2, 0.25) is 0 Å². The molecule has 3 saturated carbocycles. The zero-order chi connectivity index (χ0) is 17.7. The molecule has 0 radical (unpaired) electrons. The minimum Gasteiger partial charge on any atom is -0.377 e. The van der Waals surface area contributed by atoms with Gasteiger partial charge in [0.15, 0.2) is 5.78 Å². The van der Waals surface area contributed by atoms with Gasteiger partial charge in [0.25, 0.3) is 0 Å². The number of allylic oxidation sites excluding steroid dienone is 1. The van der Waals surface area contributed by atoms with Gasteiger partial charge in [-0.25, -0.2) is 0 Å². The number of hydrogen-bond donors (Lipinski definition) is 1. The van der Waals surface area contributed by atoms with E-state index in [0.717, 1.165) is 56.2 Å². The lowest BCUT2D eigenvalue weighted by Crippen LogP contribution is -2.52. The Kier molecular flexibility index (Phi) is 4.66. The normalized spacial score (nSPS) is 45.6. The molecule has 0 heterocycles. The molecular formula is C22H29BrO2. The quantitative estimate of drug-likeness (QED) is 0.510. The van der Waals surface area contributed by atoms with E-state index in [1.54, 1.807) is 0 Å². The molecule has 3 fully saturated rings. The number of alkyl halides is 1. The van der Waals surface area contributed by atoms with Crippen LogP contribution >= 0.6 is 15.9 Å². The van der Waals surface area contributed by atoms with E-state index in [4.69, 9.17) is 0 Å². The number of carbonyl (C=O) groups is 1. The first-order chi connectivity index (χ1) is 12.0. The van der Waals surface area contributed by atoms with Crippen molar-refractivity contribution in [2.75, 3.05) is 5.33 Å². The van der Waals surface area contributed by atoms with Gasteiger partial charge < -0.3 is 5.11 Å². The van der Waals surface area contributed by atoms with Gasteiger partial charge in [-0.3, -0.25) is 4.79 Å². The second-order valence-corrected chi connectivity index (χ2v) is 9.69. The van der Waals surface area contributed by atoms with Crippen molar-refractivity contribution in [1.82, 2.24) is 0 Å². The number of aliphatic hydroxyl groups is 1. The molecule has 4 aliphatic carbocycles. The number of fused-ring (bicyclic) bond motifs is 5. The Labute approximate surface area is 160 Å². The van der Waals surface area contributed by atoms with E-state index in [0.29, 0.717) is 23.5 Å². The standard InChI is InChI=1S/C22H29BrO2/c1-21-11-8-18-17-7-5-16(24)14-15(17)4-6-19(18)20(21)9-12-22(21,25)10-2-3-13-23/h14,17-20,25H,3-9,11-13H2,1H3/t17?,18?,19?,20?,21-,22-/m0/s1. The van der Waals surface area contributed by atoms with Crippen molar-refractivity contribution in [1.29, 1.82) is 0 Å². The van der Waals surface area contributed by atoms with E-state index in [1.165, 1.54) is 18.4 Å². The average molecular weight is 405 g/mol. The Morgan fingerprint density at radius 2 is 2.04 bits per heavy atom. The van der Waals surface area contributed by atoms with Crippen LogP contribution in [0.3, 0.4) is 0 Å². The number of carbonyl (C=O) groups excluding carboxylic acids is 1. The minimum atomic E-state index is -0.802. The van der Waals surface area contributed by atoms with Crippen LogP contribution in [0, 0.1) is 40.9 Å². The van der Waals surface area contributed by atoms with Crippen LogP contribution in [0.1, 0.15) is 64.7 Å². The lowest BCUT2D eigenvalue weighted by Gasteiger charge is -2.54. The summed E-state index contributed by atoms with van der Waals surface area (Å²) in [6.45, 7) is 2.31. The summed E-state index contributed by atoms with van der Waals surface area (Å²) < 4.78 is 0. The van der Waals surface area contributed by atoms with Gasteiger partial charge in [0, 0.05) is 23.6 Å². The summed E-state index contributed by atoms with van der Waals surface area (Å²) in [4.78, 5) is 11.8. The molecule has 2 nitrogen and oxygen atoms in total. The highest BCUT2D eigenvalue weighted by atomic mass is 79.9. The van der Waals surface area contributed by atoms with Crippen LogP contribution in [0.4, 0.5) is 0 Å². The third-order valence-corrected chi connectivity index (χ3v) is 8.36. The molecular weight excluding hydrogens is 376 g/mol. The first-order valence-electron chi connectivity index (χ1n) is 10.0. The summed E-state index contributed by atoms with van der Waals surface area (Å²) in [5.74, 6) is 9.48. The molecule has 4 unspecified atom stereocenters. The molecule has 0 amide bonds. The van der Waals surface area contributed by atoms with Gasteiger partial charge >= 0.3 is 0 Å². The number of halogens is 1. The summed E-state index contributed by atoms with van der Waals surface area (Å²) in [5.41, 5.74) is 0.578. The smallest absolute Gasteiger partial charge is 0.155 e. The van der Waals surface area contributed by atoms with Crippen molar-refractivity contribution in [2.45, 2.75) is 70.3 Å². The number of ketones is 1. The molecule has 0 bridgehead atoms. The largest absolute Gasteiger partial charge is 0.377 e. The molecule has 4 aliphatic rings. The number of rotatable bonds is 1. The summed E-state index contributed by atoms with van der Waals surface area (Å²) in [5, 5.41) is 12.3. The predicted octanol–water partition coefficient (Wildman–Crippen LogP) is 4.65. The third kappa shape index (κ3) is 2.76. The van der Waals surface area contributed by atoms with Crippen molar-refractivity contribution in [3.05, 3.63) is 11.6 Å². The summed E-state index contributed by atoms with van der Waals surface area (Å²) in [6, 6.07) is 0. The van der Waals surface area contributed by atoms with Gasteiger partial charge in [-0.15, -0.1) is 0 Å². The van der Waals surface area contributed by atoms with Gasteiger partial charge in [0.05, 0.1) is 0 Å². The van der Waals surface area contributed by atoms with E-state index < -0.39 is 5.60 Å². The Hall–Kier alpha value is -0.590. The topological polar surface area (TPSA) is 37.3 Å². The molecule has 4 rings (SSSR count). The fourth-order valence-corrected chi connectivity index (χ4v) is 6.86. The highest BCUT2D eigenvalue weighted by Gasteiger charge is 2.61. The monoisotopic (exact) mass is 404 g/mol. The first kappa shape index (κ1) is 17.8. The Balaban J connectivity index is 1.59. The van der Waals surface area contributed by atoms with Crippen LogP contribution in [0.5, 0.6) is 0 Å². The Morgan fingerprint density at radius 1 is 1.20 bits per heavy atom. The van der Waals surface area contributed by atoms with Gasteiger partial charge in [0.2, 0.25) is 0 Å². The lowest BCUT2D eigenvalue weighted by atomic mass is 9.50. The zero-order valence-corrected chi connectivity index (χ0v) is 16.8. The molecule has 1 N–H and O–H groups in total. The van der Waals surface area contributed by atoms with E-state index >= 15 is 0 Å². The molecule has 3 heteroatoms. The van der Waals surface area contributed by atoms with Crippen molar-refractivity contribution in [3.8, 4) is 11.8 Å². The van der Waals surface area contributed by atoms with E-state index in [9.17, 15) is 9.90 Å². The van der Waals surface area contributed by atoms with E-state index in [-0.39, 0.29) is 5.41 Å². The van der Waals surface area contributed by atoms with E-state index in [2.05, 4.69) is 34.7 Å². The SMILES string of the molecule is C[C@]12CCC3C4CCC(=O)C=C4CCC3C1CC[C@@]2(O)C#CCCBr. The lowest BCUT2D eigenvalue weighted by molar-refractivity contribution is -0.116. The molecule has 0 aromatic carbocycles. The summed E-state index contributed by atoms with van der Waals surface area (Å²) in [6.07, 6.45) is 11.1. The van der Waals surface area contributed by atoms with Crippen molar-refractivity contribution < 1.29 is 9.90 Å². The van der Waals surface area contributed by atoms with Crippen LogP contribution in [0.25, 0.3) is 0 Å². The number of hydrogen-bond acceptors (Lipinski definition) is 2. The van der Waals surface area contributed by atoms with Crippen molar-refractivity contribution in [2.24, 2.45) is 29.1 Å². The van der Waals surface area contributed by atoms with Gasteiger partial charge in [-0.2, -0.15) is 0 Å². The average Bonchev–Trinajstić information content (AvgIpc) is 2.86. The van der Waals surface area contributed by atoms with Crippen molar-refractivity contribution in [3.63, 3.8) is 0 Å². The van der Waals surface area contributed by atoms with Crippen LogP contribution in [0.15, 0.2) is 11.6 Å². The summed E-state index contributed by atoms with van der Waals surface area (Å²) in [7, 11) is 0. The molecule has 25 heavy (non-hydrogen) atoms. The van der Waals surface area contributed by atoms with Gasteiger partial charge in [-0.1, -0.05) is 40.3 Å². The highest BCUT2D eigenvalue weighted by molar-refractivity contribution is 9.09. The first-order valence-corrected chi connectivity index (χ1v) is 11.1. The second-order valence-electron chi connectivity index (χ2n) is 8.90. The molecule has 0 aromatic rings. The maximum absolute atomic E-state index is 11.8. The fourth-order valence-electron chi connectivity index (χ4n) is 6.66. The van der Waals surface area contributed by atoms with Crippen LogP contribution in [-0.4, -0.2) is 21.8 Å². The Bertz CT molecular complexity index is 657. The summed E-state index contributed by atoms with van der Waals surface area (Å²) >= 11 is 3.43. The fraction of sp³-hybridized carbons (Fsp3) is 0.773. The van der Waals surface area contributed by atoms with Crippen LogP contribution in [-0.2, 0) is 4.79 Å². The van der Waals surface area contributed by atoms with E-state index in [1.807, 2.05) is 6.08 Å². The Morgan fingerprint density at radius 3 is 2.84 bits per heavy atom. The molecule has 136 valence electrons. The molecule has 0 spiro atoms.